The van der Waals surface area contributed by atoms with Crippen LogP contribution in [0, 0.1) is 0 Å². The highest BCUT2D eigenvalue weighted by Gasteiger charge is 2.21. The summed E-state index contributed by atoms with van der Waals surface area (Å²) in [4.78, 5) is 0.819. The maximum atomic E-state index is 10.5. The molecular weight excluding hydrogens is 344 g/mol. The van der Waals surface area contributed by atoms with Gasteiger partial charge in [-0.3, -0.25) is 0 Å². The van der Waals surface area contributed by atoms with E-state index in [-0.39, 0.29) is 0 Å². The van der Waals surface area contributed by atoms with Crippen LogP contribution in [-0.4, -0.2) is 25.4 Å². The summed E-state index contributed by atoms with van der Waals surface area (Å²) < 4.78 is 17.0. The van der Waals surface area contributed by atoms with Crippen LogP contribution in [-0.2, 0) is 0 Å². The Morgan fingerprint density at radius 3 is 2.60 bits per heavy atom. The minimum atomic E-state index is -0.728. The maximum absolute atomic E-state index is 10.5. The number of methoxy groups -OCH3 is 1. The molecule has 2 heterocycles. The van der Waals surface area contributed by atoms with Crippen molar-refractivity contribution in [3.63, 3.8) is 0 Å². The number of halogens is 1. The Kier molecular flexibility index (Phi) is 3.87. The number of aliphatic hydroxyl groups excluding tert-OH is 1. The van der Waals surface area contributed by atoms with Crippen LogP contribution in [0.1, 0.15) is 16.5 Å². The van der Waals surface area contributed by atoms with Crippen LogP contribution in [0.15, 0.2) is 28.1 Å². The second-order valence-corrected chi connectivity index (χ2v) is 6.11. The highest BCUT2D eigenvalue weighted by Crippen LogP contribution is 2.41. The van der Waals surface area contributed by atoms with Gasteiger partial charge in [0.25, 0.3) is 0 Å². The van der Waals surface area contributed by atoms with Gasteiger partial charge in [0.2, 0.25) is 0 Å². The average molecular weight is 357 g/mol. The Morgan fingerprint density at radius 2 is 1.95 bits per heavy atom. The lowest BCUT2D eigenvalue weighted by Gasteiger charge is -2.21. The predicted molar refractivity (Wildman–Crippen MR) is 80.1 cm³/mol. The molecule has 1 aromatic heterocycles. The molecule has 0 saturated carbocycles. The minimum Gasteiger partial charge on any atom is -0.496 e. The lowest BCUT2D eigenvalue weighted by Crippen LogP contribution is -2.16. The molecule has 0 spiro atoms. The lowest BCUT2D eigenvalue weighted by molar-refractivity contribution is 0.169. The van der Waals surface area contributed by atoms with E-state index in [0.717, 1.165) is 20.7 Å². The van der Waals surface area contributed by atoms with Crippen molar-refractivity contribution in [3.8, 4) is 17.2 Å². The molecule has 20 heavy (non-hydrogen) atoms. The Morgan fingerprint density at radius 1 is 1.25 bits per heavy atom. The SMILES string of the molecule is COc1csc(C(O)c2cc3c(cc2Br)OCCO3)c1. The fourth-order valence-corrected chi connectivity index (χ4v) is 3.42. The molecule has 1 aliphatic heterocycles. The van der Waals surface area contributed by atoms with E-state index >= 15 is 0 Å². The summed E-state index contributed by atoms with van der Waals surface area (Å²) >= 11 is 4.93. The molecule has 4 nitrogen and oxygen atoms in total. The van der Waals surface area contributed by atoms with Gasteiger partial charge in [0.1, 0.15) is 25.1 Å². The number of rotatable bonds is 3. The van der Waals surface area contributed by atoms with E-state index < -0.39 is 6.10 Å². The van der Waals surface area contributed by atoms with Crippen LogP contribution in [0.2, 0.25) is 0 Å². The molecule has 0 aliphatic carbocycles. The van der Waals surface area contributed by atoms with Crippen LogP contribution in [0.25, 0.3) is 0 Å². The van der Waals surface area contributed by atoms with Gasteiger partial charge in [-0.2, -0.15) is 0 Å². The van der Waals surface area contributed by atoms with E-state index in [1.54, 1.807) is 7.11 Å². The van der Waals surface area contributed by atoms with Gasteiger partial charge in [0, 0.05) is 20.3 Å². The lowest BCUT2D eigenvalue weighted by atomic mass is 10.1. The van der Waals surface area contributed by atoms with Gasteiger partial charge in [0.15, 0.2) is 11.5 Å². The number of hydrogen-bond donors (Lipinski definition) is 1. The van der Waals surface area contributed by atoms with Gasteiger partial charge < -0.3 is 19.3 Å². The monoisotopic (exact) mass is 356 g/mol. The van der Waals surface area contributed by atoms with Crippen molar-refractivity contribution in [2.24, 2.45) is 0 Å². The van der Waals surface area contributed by atoms with E-state index in [1.807, 2.05) is 23.6 Å². The van der Waals surface area contributed by atoms with E-state index in [1.165, 1.54) is 11.3 Å². The van der Waals surface area contributed by atoms with E-state index in [9.17, 15) is 5.11 Å². The van der Waals surface area contributed by atoms with Gasteiger partial charge in [-0.25, -0.2) is 0 Å². The van der Waals surface area contributed by atoms with Crippen LogP contribution >= 0.6 is 27.3 Å². The highest BCUT2D eigenvalue weighted by molar-refractivity contribution is 9.10. The predicted octanol–water partition coefficient (Wildman–Crippen LogP) is 3.37. The van der Waals surface area contributed by atoms with Gasteiger partial charge in [-0.1, -0.05) is 15.9 Å². The standard InChI is InChI=1S/C14H13BrO4S/c1-17-8-4-13(20-7-8)14(16)9-5-11-12(6-10(9)15)19-3-2-18-11/h4-7,14,16H,2-3H2,1H3. The molecule has 6 heteroatoms. The minimum absolute atomic E-state index is 0.525. The average Bonchev–Trinajstić information content (AvgIpc) is 2.94. The Bertz CT molecular complexity index is 626. The number of hydrogen-bond acceptors (Lipinski definition) is 5. The summed E-state index contributed by atoms with van der Waals surface area (Å²) in [5.74, 6) is 2.11. The van der Waals surface area contributed by atoms with E-state index in [0.29, 0.717) is 24.7 Å². The van der Waals surface area contributed by atoms with Crippen LogP contribution in [0.3, 0.4) is 0 Å². The van der Waals surface area contributed by atoms with Gasteiger partial charge in [-0.15, -0.1) is 11.3 Å². The van der Waals surface area contributed by atoms with Crippen molar-refractivity contribution in [2.45, 2.75) is 6.10 Å². The van der Waals surface area contributed by atoms with Crippen molar-refractivity contribution in [2.75, 3.05) is 20.3 Å². The van der Waals surface area contributed by atoms with Gasteiger partial charge in [-0.05, 0) is 18.2 Å². The van der Waals surface area contributed by atoms with Gasteiger partial charge in [0.05, 0.1) is 7.11 Å². The zero-order chi connectivity index (χ0) is 14.1. The number of benzene rings is 1. The van der Waals surface area contributed by atoms with Crippen molar-refractivity contribution in [3.05, 3.63) is 38.5 Å². The first kappa shape index (κ1) is 13.7. The normalized spacial score (nSPS) is 14.9. The number of thiophene rings is 1. The zero-order valence-corrected chi connectivity index (χ0v) is 13.2. The molecule has 3 rings (SSSR count). The number of fused-ring (bicyclic) bond motifs is 1. The quantitative estimate of drug-likeness (QED) is 0.915. The molecule has 1 N–H and O–H groups in total. The molecular formula is C14H13BrO4S. The molecule has 0 bridgehead atoms. The second-order valence-electron chi connectivity index (χ2n) is 4.31. The van der Waals surface area contributed by atoms with Gasteiger partial charge >= 0.3 is 0 Å². The van der Waals surface area contributed by atoms with Crippen molar-refractivity contribution in [1.29, 1.82) is 0 Å². The molecule has 0 saturated heterocycles. The smallest absolute Gasteiger partial charge is 0.162 e. The molecule has 0 radical (unpaired) electrons. The van der Waals surface area contributed by atoms with Crippen LogP contribution < -0.4 is 14.2 Å². The Hall–Kier alpha value is -1.24. The highest BCUT2D eigenvalue weighted by atomic mass is 79.9. The Balaban J connectivity index is 1.96. The molecule has 1 aromatic carbocycles. The summed E-state index contributed by atoms with van der Waals surface area (Å²) in [5.41, 5.74) is 0.749. The van der Waals surface area contributed by atoms with Crippen LogP contribution in [0.5, 0.6) is 17.2 Å². The topological polar surface area (TPSA) is 47.9 Å². The van der Waals surface area contributed by atoms with Crippen molar-refractivity contribution < 1.29 is 19.3 Å². The fourth-order valence-electron chi connectivity index (χ4n) is 2.03. The summed E-state index contributed by atoms with van der Waals surface area (Å²) in [5, 5.41) is 12.4. The summed E-state index contributed by atoms with van der Waals surface area (Å²) in [7, 11) is 1.61. The molecule has 0 fully saturated rings. The largest absolute Gasteiger partial charge is 0.496 e. The first-order valence-corrected chi connectivity index (χ1v) is 7.76. The molecule has 1 unspecified atom stereocenters. The third-order valence-electron chi connectivity index (χ3n) is 3.06. The maximum Gasteiger partial charge on any atom is 0.162 e. The van der Waals surface area contributed by atoms with Crippen LogP contribution in [0.4, 0.5) is 0 Å². The molecule has 0 amide bonds. The summed E-state index contributed by atoms with van der Waals surface area (Å²) in [6, 6.07) is 5.48. The molecule has 2 aromatic rings. The third-order valence-corrected chi connectivity index (χ3v) is 4.71. The molecule has 1 atom stereocenters. The Labute approximate surface area is 129 Å². The molecule has 1 aliphatic rings. The first-order valence-electron chi connectivity index (χ1n) is 6.08. The summed E-state index contributed by atoms with van der Waals surface area (Å²) in [6.07, 6.45) is -0.728. The van der Waals surface area contributed by atoms with E-state index in [4.69, 9.17) is 14.2 Å². The second kappa shape index (κ2) is 5.63. The first-order chi connectivity index (χ1) is 9.69. The zero-order valence-electron chi connectivity index (χ0n) is 10.8. The van der Waals surface area contributed by atoms with Crippen molar-refractivity contribution >= 4 is 27.3 Å². The number of ether oxygens (including phenoxy) is 3. The third kappa shape index (κ3) is 2.51. The fraction of sp³-hybridized carbons (Fsp3) is 0.286. The van der Waals surface area contributed by atoms with Crippen molar-refractivity contribution in [1.82, 2.24) is 0 Å². The summed E-state index contributed by atoms with van der Waals surface area (Å²) in [6.45, 7) is 1.07. The van der Waals surface area contributed by atoms with E-state index in [2.05, 4.69) is 15.9 Å². The molecule has 106 valence electrons. The number of aliphatic hydroxyl groups is 1.